The Kier molecular flexibility index (Phi) is 3.31. The van der Waals surface area contributed by atoms with Gasteiger partial charge in [0.2, 0.25) is 0 Å². The van der Waals surface area contributed by atoms with E-state index in [0.717, 1.165) is 0 Å². The molecule has 82 valence electrons. The van der Waals surface area contributed by atoms with E-state index < -0.39 is 11.6 Å². The number of aliphatic carboxylic acids is 1. The van der Waals surface area contributed by atoms with Crippen molar-refractivity contribution >= 4 is 5.97 Å². The number of hydrogen-bond acceptors (Lipinski definition) is 3. The number of phenols is 1. The Bertz CT molecular complexity index is 361. The molecule has 0 aliphatic heterocycles. The van der Waals surface area contributed by atoms with E-state index in [1.807, 2.05) is 0 Å². The number of carbonyl (C=O) groups is 1. The lowest BCUT2D eigenvalue weighted by atomic mass is 9.92. The van der Waals surface area contributed by atoms with E-state index in [4.69, 9.17) is 9.84 Å². The van der Waals surface area contributed by atoms with Crippen LogP contribution in [0.5, 0.6) is 5.75 Å². The minimum absolute atomic E-state index is 0.0983. The van der Waals surface area contributed by atoms with Crippen LogP contribution in [0, 0.1) is 0 Å². The van der Waals surface area contributed by atoms with Crippen molar-refractivity contribution in [2.75, 3.05) is 7.11 Å². The van der Waals surface area contributed by atoms with Crippen LogP contribution >= 0.6 is 0 Å². The van der Waals surface area contributed by atoms with Crippen molar-refractivity contribution in [2.24, 2.45) is 0 Å². The number of hydrogen-bond donors (Lipinski definition) is 2. The molecule has 0 spiro atoms. The Morgan fingerprint density at radius 1 is 1.53 bits per heavy atom. The van der Waals surface area contributed by atoms with Crippen LogP contribution in [0.3, 0.4) is 0 Å². The van der Waals surface area contributed by atoms with Gasteiger partial charge in [0.05, 0.1) is 6.42 Å². The van der Waals surface area contributed by atoms with Gasteiger partial charge < -0.3 is 14.9 Å². The Morgan fingerprint density at radius 2 is 2.20 bits per heavy atom. The van der Waals surface area contributed by atoms with Crippen molar-refractivity contribution in [2.45, 2.75) is 18.9 Å². The first kappa shape index (κ1) is 11.5. The summed E-state index contributed by atoms with van der Waals surface area (Å²) < 4.78 is 5.20. The molecule has 0 radical (unpaired) electrons. The van der Waals surface area contributed by atoms with Crippen LogP contribution in [0.15, 0.2) is 24.3 Å². The van der Waals surface area contributed by atoms with Crippen LogP contribution in [0.1, 0.15) is 18.9 Å². The van der Waals surface area contributed by atoms with Crippen molar-refractivity contribution in [1.82, 2.24) is 0 Å². The second-order valence-electron chi connectivity index (χ2n) is 3.56. The fourth-order valence-corrected chi connectivity index (χ4v) is 1.42. The highest BCUT2D eigenvalue weighted by molar-refractivity contribution is 5.68. The molecule has 0 bridgehead atoms. The summed E-state index contributed by atoms with van der Waals surface area (Å²) in [6.45, 7) is 1.68. The van der Waals surface area contributed by atoms with Gasteiger partial charge in [0, 0.05) is 7.11 Å². The molecular weight excluding hydrogens is 196 g/mol. The standard InChI is InChI=1S/C11H14O4/c1-11(15-2,7-10(13)14)8-4-3-5-9(12)6-8/h3-6,12H,7H2,1-2H3,(H,13,14). The first-order chi connectivity index (χ1) is 6.98. The van der Waals surface area contributed by atoms with E-state index in [1.54, 1.807) is 19.1 Å². The van der Waals surface area contributed by atoms with Gasteiger partial charge in [-0.3, -0.25) is 4.79 Å². The number of carboxylic acids is 1. The molecule has 15 heavy (non-hydrogen) atoms. The maximum absolute atomic E-state index is 10.7. The number of rotatable bonds is 4. The summed E-state index contributed by atoms with van der Waals surface area (Å²) in [5, 5.41) is 18.1. The fourth-order valence-electron chi connectivity index (χ4n) is 1.42. The van der Waals surface area contributed by atoms with E-state index in [2.05, 4.69) is 0 Å². The quantitative estimate of drug-likeness (QED) is 0.794. The minimum atomic E-state index is -0.942. The third-order valence-corrected chi connectivity index (χ3v) is 2.40. The van der Waals surface area contributed by atoms with Crippen LogP contribution in [0.25, 0.3) is 0 Å². The summed E-state index contributed by atoms with van der Waals surface area (Å²) in [5.41, 5.74) is -0.266. The molecule has 1 unspecified atom stereocenters. The van der Waals surface area contributed by atoms with E-state index in [9.17, 15) is 9.90 Å². The molecule has 4 heteroatoms. The fraction of sp³-hybridized carbons (Fsp3) is 0.364. The third kappa shape index (κ3) is 2.70. The van der Waals surface area contributed by atoms with E-state index in [0.29, 0.717) is 5.56 Å². The monoisotopic (exact) mass is 210 g/mol. The zero-order chi connectivity index (χ0) is 11.5. The molecular formula is C11H14O4. The average Bonchev–Trinajstić information content (AvgIpc) is 2.16. The zero-order valence-corrected chi connectivity index (χ0v) is 8.73. The molecule has 0 fully saturated rings. The first-order valence-corrected chi connectivity index (χ1v) is 4.54. The highest BCUT2D eigenvalue weighted by Crippen LogP contribution is 2.30. The largest absolute Gasteiger partial charge is 0.508 e. The molecule has 0 saturated carbocycles. The smallest absolute Gasteiger partial charge is 0.306 e. The van der Waals surface area contributed by atoms with Crippen molar-refractivity contribution in [3.05, 3.63) is 29.8 Å². The van der Waals surface area contributed by atoms with Gasteiger partial charge >= 0.3 is 5.97 Å². The van der Waals surface area contributed by atoms with Crippen LogP contribution in [-0.2, 0) is 15.1 Å². The number of benzene rings is 1. The van der Waals surface area contributed by atoms with Gasteiger partial charge in [-0.2, -0.15) is 0 Å². The van der Waals surface area contributed by atoms with Crippen molar-refractivity contribution in [3.63, 3.8) is 0 Å². The Labute approximate surface area is 88.1 Å². The second kappa shape index (κ2) is 4.31. The lowest BCUT2D eigenvalue weighted by molar-refractivity contribution is -0.143. The van der Waals surface area contributed by atoms with Crippen LogP contribution in [0.2, 0.25) is 0 Å². The lowest BCUT2D eigenvalue weighted by Gasteiger charge is -2.26. The highest BCUT2D eigenvalue weighted by Gasteiger charge is 2.29. The maximum Gasteiger partial charge on any atom is 0.306 e. The SMILES string of the molecule is COC(C)(CC(=O)O)c1cccc(O)c1. The van der Waals surface area contributed by atoms with E-state index >= 15 is 0 Å². The molecule has 0 saturated heterocycles. The molecule has 0 aromatic heterocycles. The van der Waals surface area contributed by atoms with Gasteiger partial charge in [-0.05, 0) is 24.6 Å². The highest BCUT2D eigenvalue weighted by atomic mass is 16.5. The summed E-state index contributed by atoms with van der Waals surface area (Å²) in [4.78, 5) is 10.7. The minimum Gasteiger partial charge on any atom is -0.508 e. The summed E-state index contributed by atoms with van der Waals surface area (Å²) in [7, 11) is 1.45. The Balaban J connectivity index is 3.05. The summed E-state index contributed by atoms with van der Waals surface area (Å²) in [6, 6.07) is 6.42. The van der Waals surface area contributed by atoms with Gasteiger partial charge in [-0.15, -0.1) is 0 Å². The van der Waals surface area contributed by atoms with Crippen LogP contribution < -0.4 is 0 Å². The molecule has 0 amide bonds. The number of phenolic OH excluding ortho intramolecular Hbond substituents is 1. The molecule has 1 rings (SSSR count). The molecule has 2 N–H and O–H groups in total. The van der Waals surface area contributed by atoms with Crippen LogP contribution in [-0.4, -0.2) is 23.3 Å². The number of carboxylic acid groups (broad SMARTS) is 1. The number of methoxy groups -OCH3 is 1. The number of aromatic hydroxyl groups is 1. The summed E-state index contributed by atoms with van der Waals surface area (Å²) in [6.07, 6.45) is -0.146. The predicted molar refractivity (Wildman–Crippen MR) is 54.7 cm³/mol. The maximum atomic E-state index is 10.7. The Morgan fingerprint density at radius 3 is 2.67 bits per heavy atom. The van der Waals surface area contributed by atoms with Crippen molar-refractivity contribution < 1.29 is 19.7 Å². The predicted octanol–water partition coefficient (Wildman–Crippen LogP) is 1.73. The van der Waals surface area contributed by atoms with Crippen molar-refractivity contribution in [3.8, 4) is 5.75 Å². The van der Waals surface area contributed by atoms with Crippen LogP contribution in [0.4, 0.5) is 0 Å². The first-order valence-electron chi connectivity index (χ1n) is 4.54. The van der Waals surface area contributed by atoms with E-state index in [1.165, 1.54) is 19.2 Å². The summed E-state index contributed by atoms with van der Waals surface area (Å²) >= 11 is 0. The zero-order valence-electron chi connectivity index (χ0n) is 8.73. The molecule has 1 atom stereocenters. The topological polar surface area (TPSA) is 66.8 Å². The number of ether oxygens (including phenoxy) is 1. The molecule has 1 aromatic rings. The van der Waals surface area contributed by atoms with Gasteiger partial charge in [0.15, 0.2) is 0 Å². The molecule has 0 aliphatic carbocycles. The molecule has 0 heterocycles. The normalized spacial score (nSPS) is 14.5. The molecule has 0 aliphatic rings. The van der Waals surface area contributed by atoms with Gasteiger partial charge in [-0.25, -0.2) is 0 Å². The van der Waals surface area contributed by atoms with Gasteiger partial charge in [0.1, 0.15) is 11.4 Å². The Hall–Kier alpha value is -1.55. The molecule has 4 nitrogen and oxygen atoms in total. The molecule has 1 aromatic carbocycles. The summed E-state index contributed by atoms with van der Waals surface area (Å²) in [5.74, 6) is -0.844. The average molecular weight is 210 g/mol. The van der Waals surface area contributed by atoms with E-state index in [-0.39, 0.29) is 12.2 Å². The van der Waals surface area contributed by atoms with Gasteiger partial charge in [0.25, 0.3) is 0 Å². The van der Waals surface area contributed by atoms with Gasteiger partial charge in [-0.1, -0.05) is 12.1 Å². The second-order valence-corrected chi connectivity index (χ2v) is 3.56. The third-order valence-electron chi connectivity index (χ3n) is 2.40. The van der Waals surface area contributed by atoms with Crippen molar-refractivity contribution in [1.29, 1.82) is 0 Å². The lowest BCUT2D eigenvalue weighted by Crippen LogP contribution is -2.27.